The summed E-state index contributed by atoms with van der Waals surface area (Å²) in [6, 6.07) is 11.2. The third-order valence-corrected chi connectivity index (χ3v) is 5.65. The molecule has 0 fully saturated rings. The van der Waals surface area contributed by atoms with Crippen LogP contribution in [-0.4, -0.2) is 35.9 Å². The zero-order valence-electron chi connectivity index (χ0n) is 15.1. The third-order valence-electron chi connectivity index (χ3n) is 4.04. The molecule has 29 heavy (non-hydrogen) atoms. The van der Waals surface area contributed by atoms with Gasteiger partial charge in [-0.3, -0.25) is 4.79 Å². The lowest BCUT2D eigenvalue weighted by molar-refractivity contribution is -0.115. The minimum atomic E-state index is -0.457. The molecule has 1 amide bonds. The normalized spacial score (nSPS) is 12.1. The van der Waals surface area contributed by atoms with Gasteiger partial charge < -0.3 is 5.32 Å². The van der Waals surface area contributed by atoms with Crippen LogP contribution in [-0.2, 0) is 4.79 Å². The smallest absolute Gasteiger partial charge is 0.238 e. The Balaban J connectivity index is 1.56. The molecule has 0 saturated carbocycles. The summed E-state index contributed by atoms with van der Waals surface area (Å²) in [5.41, 5.74) is 1.56. The van der Waals surface area contributed by atoms with Crippen LogP contribution in [0.15, 0.2) is 60.1 Å². The van der Waals surface area contributed by atoms with Crippen LogP contribution in [0.3, 0.4) is 0 Å². The van der Waals surface area contributed by atoms with Crippen LogP contribution < -0.4 is 5.32 Å². The van der Waals surface area contributed by atoms with Crippen LogP contribution in [0.5, 0.6) is 0 Å². The Morgan fingerprint density at radius 1 is 1.14 bits per heavy atom. The number of carbonyl (C=O) groups excluding carboxylic acids is 1. The highest BCUT2D eigenvalue weighted by Gasteiger charge is 2.20. The second-order valence-electron chi connectivity index (χ2n) is 6.04. The van der Waals surface area contributed by atoms with E-state index >= 15 is 0 Å². The molecule has 1 N–H and O–H groups in total. The van der Waals surface area contributed by atoms with Crippen LogP contribution in [0.4, 0.5) is 5.82 Å². The minimum absolute atomic E-state index is 0.256. The Hall–Kier alpha value is -2.68. The highest BCUT2D eigenvalue weighted by atomic mass is 35.5. The van der Waals surface area contributed by atoms with Crippen LogP contribution >= 0.6 is 35.0 Å². The van der Waals surface area contributed by atoms with Crippen LogP contribution in [0.1, 0.15) is 6.92 Å². The average molecular weight is 445 g/mol. The van der Waals surface area contributed by atoms with Crippen molar-refractivity contribution in [1.82, 2.24) is 24.7 Å². The predicted molar refractivity (Wildman–Crippen MR) is 115 cm³/mol. The summed E-state index contributed by atoms with van der Waals surface area (Å²) < 4.78 is 1.74. The summed E-state index contributed by atoms with van der Waals surface area (Å²) in [6.45, 7) is 1.78. The van der Waals surface area contributed by atoms with E-state index in [0.717, 1.165) is 11.1 Å². The van der Waals surface area contributed by atoms with E-state index in [1.165, 1.54) is 30.4 Å². The largest absolute Gasteiger partial charge is 0.308 e. The number of para-hydroxylation sites is 1. The number of anilines is 1. The zero-order valence-corrected chi connectivity index (χ0v) is 17.4. The number of carbonyl (C=O) groups is 1. The van der Waals surface area contributed by atoms with Crippen LogP contribution in [0.25, 0.3) is 16.7 Å². The van der Waals surface area contributed by atoms with Crippen molar-refractivity contribution in [2.45, 2.75) is 17.2 Å². The maximum Gasteiger partial charge on any atom is 0.238 e. The van der Waals surface area contributed by atoms with Crippen molar-refractivity contribution in [1.29, 1.82) is 0 Å². The van der Waals surface area contributed by atoms with Gasteiger partial charge >= 0.3 is 0 Å². The monoisotopic (exact) mass is 444 g/mol. The van der Waals surface area contributed by atoms with E-state index in [4.69, 9.17) is 23.2 Å². The summed E-state index contributed by atoms with van der Waals surface area (Å²) in [4.78, 5) is 25.3. The number of pyridine rings is 1. The Labute approximate surface area is 180 Å². The fourth-order valence-corrected chi connectivity index (χ4v) is 3.93. The van der Waals surface area contributed by atoms with Crippen molar-refractivity contribution in [3.8, 4) is 5.69 Å². The summed E-state index contributed by atoms with van der Waals surface area (Å²) >= 11 is 13.2. The number of aromatic nitrogens is 5. The molecule has 3 heterocycles. The standard InChI is InChI=1S/C19H14Cl2N6OS/c1-11(18(28)26-16-15(21)7-12(20)8-22-16)29-19-14-9-25-27(17(14)23-10-24-19)13-5-3-2-4-6-13/h2-11H,1H3,(H,22,26,28). The topological polar surface area (TPSA) is 85.6 Å². The van der Waals surface area contributed by atoms with Crippen molar-refractivity contribution < 1.29 is 4.79 Å². The molecule has 4 rings (SSSR count). The first-order chi connectivity index (χ1) is 14.0. The molecule has 146 valence electrons. The van der Waals surface area contributed by atoms with Gasteiger partial charge in [-0.25, -0.2) is 19.6 Å². The lowest BCUT2D eigenvalue weighted by Crippen LogP contribution is -2.23. The van der Waals surface area contributed by atoms with E-state index in [2.05, 4.69) is 25.4 Å². The maximum absolute atomic E-state index is 12.6. The first kappa shape index (κ1) is 19.6. The van der Waals surface area contributed by atoms with Gasteiger partial charge in [0.05, 0.1) is 32.6 Å². The van der Waals surface area contributed by atoms with E-state index in [1.807, 2.05) is 30.3 Å². The average Bonchev–Trinajstić information content (AvgIpc) is 3.16. The molecule has 0 aliphatic carbocycles. The quantitative estimate of drug-likeness (QED) is 0.356. The van der Waals surface area contributed by atoms with Gasteiger partial charge in [0.2, 0.25) is 5.91 Å². The summed E-state index contributed by atoms with van der Waals surface area (Å²) in [5.74, 6) is 0.00665. The molecule has 10 heteroatoms. The number of hydrogen-bond acceptors (Lipinski definition) is 6. The Bertz CT molecular complexity index is 1180. The number of nitrogens with one attached hydrogen (secondary N) is 1. The molecule has 4 aromatic rings. The highest BCUT2D eigenvalue weighted by molar-refractivity contribution is 8.00. The number of thioether (sulfide) groups is 1. The molecule has 1 unspecified atom stereocenters. The number of rotatable bonds is 5. The number of fused-ring (bicyclic) bond motifs is 1. The molecule has 3 aromatic heterocycles. The Morgan fingerprint density at radius 2 is 1.93 bits per heavy atom. The van der Waals surface area contributed by atoms with Crippen LogP contribution in [0, 0.1) is 0 Å². The molecule has 0 saturated heterocycles. The second-order valence-corrected chi connectivity index (χ2v) is 8.21. The Morgan fingerprint density at radius 3 is 2.69 bits per heavy atom. The SMILES string of the molecule is CC(Sc1ncnc2c1cnn2-c1ccccc1)C(=O)Nc1ncc(Cl)cc1Cl. The third kappa shape index (κ3) is 4.19. The van der Waals surface area contributed by atoms with E-state index in [9.17, 15) is 4.79 Å². The van der Waals surface area contributed by atoms with Crippen molar-refractivity contribution in [3.05, 3.63) is 65.2 Å². The molecule has 7 nitrogen and oxygen atoms in total. The molecule has 0 spiro atoms. The molecular weight excluding hydrogens is 431 g/mol. The van der Waals surface area contributed by atoms with Gasteiger partial charge in [-0.15, -0.1) is 0 Å². The first-order valence-electron chi connectivity index (χ1n) is 8.55. The van der Waals surface area contributed by atoms with Crippen LogP contribution in [0.2, 0.25) is 10.0 Å². The van der Waals surface area contributed by atoms with Gasteiger partial charge in [0.1, 0.15) is 11.4 Å². The lowest BCUT2D eigenvalue weighted by Gasteiger charge is -2.12. The number of hydrogen-bond donors (Lipinski definition) is 1. The van der Waals surface area contributed by atoms with Gasteiger partial charge in [-0.2, -0.15) is 5.10 Å². The van der Waals surface area contributed by atoms with Gasteiger partial charge in [-0.1, -0.05) is 53.2 Å². The molecular formula is C19H14Cl2N6OS. The van der Waals surface area contributed by atoms with Crippen molar-refractivity contribution in [3.63, 3.8) is 0 Å². The van der Waals surface area contributed by atoms with E-state index in [-0.39, 0.29) is 16.7 Å². The van der Waals surface area contributed by atoms with E-state index in [1.54, 1.807) is 17.8 Å². The molecule has 0 aliphatic rings. The Kier molecular flexibility index (Phi) is 5.66. The van der Waals surface area contributed by atoms with Crippen molar-refractivity contribution in [2.24, 2.45) is 0 Å². The molecule has 0 bridgehead atoms. The fraction of sp³-hybridized carbons (Fsp3) is 0.105. The van der Waals surface area contributed by atoms with E-state index in [0.29, 0.717) is 15.7 Å². The first-order valence-corrected chi connectivity index (χ1v) is 10.2. The van der Waals surface area contributed by atoms with Gasteiger partial charge in [0.25, 0.3) is 0 Å². The van der Waals surface area contributed by atoms with Gasteiger partial charge in [0.15, 0.2) is 11.5 Å². The van der Waals surface area contributed by atoms with Gasteiger partial charge in [0, 0.05) is 6.20 Å². The van der Waals surface area contributed by atoms with E-state index < -0.39 is 5.25 Å². The molecule has 0 aliphatic heterocycles. The molecule has 0 radical (unpaired) electrons. The van der Waals surface area contributed by atoms with Crippen molar-refractivity contribution in [2.75, 3.05) is 5.32 Å². The number of halogens is 2. The number of benzene rings is 1. The molecule has 1 aromatic carbocycles. The highest BCUT2D eigenvalue weighted by Crippen LogP contribution is 2.30. The zero-order chi connectivity index (χ0) is 20.4. The second kappa shape index (κ2) is 8.36. The molecule has 1 atom stereocenters. The summed E-state index contributed by atoms with van der Waals surface area (Å²) in [5, 5.41) is 8.78. The fourth-order valence-electron chi connectivity index (χ4n) is 2.62. The lowest BCUT2D eigenvalue weighted by atomic mass is 10.3. The van der Waals surface area contributed by atoms with Gasteiger partial charge in [-0.05, 0) is 25.1 Å². The minimum Gasteiger partial charge on any atom is -0.308 e. The summed E-state index contributed by atoms with van der Waals surface area (Å²) in [7, 11) is 0. The summed E-state index contributed by atoms with van der Waals surface area (Å²) in [6.07, 6.45) is 4.59. The maximum atomic E-state index is 12.6. The van der Waals surface area contributed by atoms with Crippen molar-refractivity contribution >= 4 is 57.7 Å². The predicted octanol–water partition coefficient (Wildman–Crippen LogP) is 4.64. The number of nitrogens with zero attached hydrogens (tertiary/aromatic N) is 5. The number of amides is 1.